The van der Waals surface area contributed by atoms with Crippen LogP contribution in [0.3, 0.4) is 0 Å². The molecule has 3 aromatic rings. The normalized spacial score (nSPS) is 16.7. The average molecular weight is 523 g/mol. The number of ether oxygens (including phenoxy) is 1. The van der Waals surface area contributed by atoms with Gasteiger partial charge in [0.15, 0.2) is 0 Å². The van der Waals surface area contributed by atoms with Crippen molar-refractivity contribution in [3.8, 4) is 5.75 Å². The Kier molecular flexibility index (Phi) is 8.80. The van der Waals surface area contributed by atoms with Crippen LogP contribution in [0.4, 0.5) is 8.78 Å². The molecular formula is C31H36F2N2O3. The van der Waals surface area contributed by atoms with Gasteiger partial charge in [0.05, 0.1) is 18.8 Å². The number of fused-ring (bicyclic) bond motifs is 1. The van der Waals surface area contributed by atoms with Gasteiger partial charge in [0, 0.05) is 36.2 Å². The lowest BCUT2D eigenvalue weighted by Crippen LogP contribution is -2.49. The third-order valence-corrected chi connectivity index (χ3v) is 6.62. The second kappa shape index (κ2) is 12.0. The molecule has 1 aliphatic rings. The molecule has 3 atom stereocenters. The maximum absolute atomic E-state index is 13.9. The summed E-state index contributed by atoms with van der Waals surface area (Å²) in [6, 6.07) is 17.3. The SMILES string of the molecule is CC(C)(C)Cc1ccc2c(c1)[C@H](NC[C@@H](O)[C@@H](Cc1cc(F)cc(F)c1)NC(=O)c1ccccc1)CCO2. The molecule has 0 saturated carbocycles. The Labute approximate surface area is 223 Å². The van der Waals surface area contributed by atoms with Crippen LogP contribution >= 0.6 is 0 Å². The van der Waals surface area contributed by atoms with Crippen molar-refractivity contribution in [3.05, 3.63) is 101 Å². The van der Waals surface area contributed by atoms with Gasteiger partial charge in [-0.3, -0.25) is 4.79 Å². The number of carbonyl (C=O) groups is 1. The second-order valence-corrected chi connectivity index (χ2v) is 11.2. The van der Waals surface area contributed by atoms with Gasteiger partial charge in [0.1, 0.15) is 17.4 Å². The van der Waals surface area contributed by atoms with Gasteiger partial charge < -0.3 is 20.5 Å². The molecular weight excluding hydrogens is 486 g/mol. The molecule has 3 N–H and O–H groups in total. The predicted octanol–water partition coefficient (Wildman–Crippen LogP) is 5.37. The molecule has 202 valence electrons. The number of benzene rings is 3. The highest BCUT2D eigenvalue weighted by molar-refractivity contribution is 5.94. The van der Waals surface area contributed by atoms with E-state index in [2.05, 4.69) is 43.5 Å². The van der Waals surface area contributed by atoms with Crippen molar-refractivity contribution in [2.24, 2.45) is 5.41 Å². The molecule has 0 spiro atoms. The van der Waals surface area contributed by atoms with Crippen molar-refractivity contribution in [1.29, 1.82) is 0 Å². The zero-order valence-corrected chi connectivity index (χ0v) is 22.1. The predicted molar refractivity (Wildman–Crippen MR) is 144 cm³/mol. The van der Waals surface area contributed by atoms with Crippen molar-refractivity contribution in [1.82, 2.24) is 10.6 Å². The summed E-state index contributed by atoms with van der Waals surface area (Å²) in [6.07, 6.45) is 0.705. The van der Waals surface area contributed by atoms with E-state index < -0.39 is 23.8 Å². The monoisotopic (exact) mass is 522 g/mol. The Hall–Kier alpha value is -3.29. The first-order valence-electron chi connectivity index (χ1n) is 13.1. The fraction of sp³-hybridized carbons (Fsp3) is 0.387. The third kappa shape index (κ3) is 7.62. The number of halogens is 2. The minimum absolute atomic E-state index is 0.0367. The molecule has 1 amide bonds. The van der Waals surface area contributed by atoms with Gasteiger partial charge in [-0.05, 0) is 59.7 Å². The van der Waals surface area contributed by atoms with Gasteiger partial charge in [-0.15, -0.1) is 0 Å². The lowest BCUT2D eigenvalue weighted by atomic mass is 9.86. The Morgan fingerprint density at radius 3 is 2.42 bits per heavy atom. The van der Waals surface area contributed by atoms with Gasteiger partial charge in [-0.2, -0.15) is 0 Å². The maximum Gasteiger partial charge on any atom is 0.251 e. The summed E-state index contributed by atoms with van der Waals surface area (Å²) in [7, 11) is 0. The summed E-state index contributed by atoms with van der Waals surface area (Å²) < 4.78 is 33.6. The maximum atomic E-state index is 13.9. The fourth-order valence-corrected chi connectivity index (χ4v) is 4.89. The number of aliphatic hydroxyl groups excluding tert-OH is 1. The highest BCUT2D eigenvalue weighted by atomic mass is 19.1. The molecule has 7 heteroatoms. The summed E-state index contributed by atoms with van der Waals surface area (Å²) in [6.45, 7) is 7.32. The highest BCUT2D eigenvalue weighted by Crippen LogP contribution is 2.34. The van der Waals surface area contributed by atoms with E-state index in [-0.39, 0.29) is 30.3 Å². The van der Waals surface area contributed by atoms with Crippen LogP contribution in [0.2, 0.25) is 0 Å². The molecule has 1 heterocycles. The molecule has 0 saturated heterocycles. The molecule has 38 heavy (non-hydrogen) atoms. The summed E-state index contributed by atoms with van der Waals surface area (Å²) in [5, 5.41) is 17.5. The van der Waals surface area contributed by atoms with Crippen LogP contribution in [0, 0.1) is 17.0 Å². The number of amides is 1. The molecule has 0 radical (unpaired) electrons. The van der Waals surface area contributed by atoms with Gasteiger partial charge in [-0.25, -0.2) is 8.78 Å². The van der Waals surface area contributed by atoms with Crippen molar-refractivity contribution >= 4 is 5.91 Å². The highest BCUT2D eigenvalue weighted by Gasteiger charge is 2.27. The average Bonchev–Trinajstić information content (AvgIpc) is 2.85. The molecule has 1 aliphatic heterocycles. The quantitative estimate of drug-likeness (QED) is 0.354. The number of hydrogen-bond donors (Lipinski definition) is 3. The smallest absolute Gasteiger partial charge is 0.251 e. The Bertz CT molecular complexity index is 1220. The fourth-order valence-electron chi connectivity index (χ4n) is 4.89. The van der Waals surface area contributed by atoms with Gasteiger partial charge in [0.2, 0.25) is 0 Å². The van der Waals surface area contributed by atoms with Crippen LogP contribution in [0.15, 0.2) is 66.7 Å². The summed E-state index contributed by atoms with van der Waals surface area (Å²) in [5.41, 5.74) is 3.19. The lowest BCUT2D eigenvalue weighted by Gasteiger charge is -2.31. The van der Waals surface area contributed by atoms with Crippen LogP contribution in [0.5, 0.6) is 5.75 Å². The summed E-state index contributed by atoms with van der Waals surface area (Å²) in [5.74, 6) is -0.948. The first kappa shape index (κ1) is 27.7. The van der Waals surface area contributed by atoms with Gasteiger partial charge in [0.25, 0.3) is 5.91 Å². The van der Waals surface area contributed by atoms with E-state index in [4.69, 9.17) is 4.74 Å². The molecule has 0 aromatic heterocycles. The van der Waals surface area contributed by atoms with E-state index in [1.54, 1.807) is 30.3 Å². The van der Waals surface area contributed by atoms with Crippen LogP contribution in [0.1, 0.15) is 60.3 Å². The van der Waals surface area contributed by atoms with Crippen molar-refractivity contribution in [3.63, 3.8) is 0 Å². The van der Waals surface area contributed by atoms with E-state index in [1.165, 1.54) is 17.7 Å². The van der Waals surface area contributed by atoms with Gasteiger partial charge in [-0.1, -0.05) is 51.1 Å². The number of aliphatic hydroxyl groups is 1. The van der Waals surface area contributed by atoms with Crippen molar-refractivity contribution < 1.29 is 23.4 Å². The summed E-state index contributed by atoms with van der Waals surface area (Å²) in [4.78, 5) is 12.9. The Balaban J connectivity index is 1.50. The number of nitrogens with one attached hydrogen (secondary N) is 2. The number of carbonyl (C=O) groups excluding carboxylic acids is 1. The molecule has 0 aliphatic carbocycles. The standard InChI is InChI=1S/C31H36F2N2O3/c1-31(2,3)18-20-9-10-29-25(15-20)26(11-12-38-29)34-19-28(36)27(16-21-13-23(32)17-24(33)14-21)35-30(37)22-7-5-4-6-8-22/h4-10,13-15,17,26-28,34,36H,11-12,16,18-19H2,1-3H3,(H,35,37)/t26-,27-,28-/m1/s1. The molecule has 0 fully saturated rings. The molecule has 3 aromatic carbocycles. The van der Waals surface area contributed by atoms with E-state index in [0.717, 1.165) is 30.2 Å². The molecule has 0 bridgehead atoms. The van der Waals surface area contributed by atoms with Crippen LogP contribution in [-0.2, 0) is 12.8 Å². The minimum atomic E-state index is -1.02. The van der Waals surface area contributed by atoms with E-state index >= 15 is 0 Å². The van der Waals surface area contributed by atoms with Crippen molar-refractivity contribution in [2.75, 3.05) is 13.2 Å². The summed E-state index contributed by atoms with van der Waals surface area (Å²) >= 11 is 0. The second-order valence-electron chi connectivity index (χ2n) is 11.2. The van der Waals surface area contributed by atoms with Crippen molar-refractivity contribution in [2.45, 2.75) is 58.2 Å². The van der Waals surface area contributed by atoms with Gasteiger partial charge >= 0.3 is 0 Å². The number of rotatable bonds is 9. The van der Waals surface area contributed by atoms with E-state index in [1.807, 2.05) is 6.07 Å². The van der Waals surface area contributed by atoms with E-state index in [9.17, 15) is 18.7 Å². The van der Waals surface area contributed by atoms with Crippen LogP contribution < -0.4 is 15.4 Å². The van der Waals surface area contributed by atoms with E-state index in [0.29, 0.717) is 17.7 Å². The Morgan fingerprint density at radius 2 is 1.74 bits per heavy atom. The third-order valence-electron chi connectivity index (χ3n) is 6.62. The zero-order valence-electron chi connectivity index (χ0n) is 22.1. The zero-order chi connectivity index (χ0) is 27.3. The molecule has 4 rings (SSSR count). The van der Waals surface area contributed by atoms with Crippen LogP contribution in [0.25, 0.3) is 0 Å². The Morgan fingerprint density at radius 1 is 1.03 bits per heavy atom. The first-order chi connectivity index (χ1) is 18.1. The minimum Gasteiger partial charge on any atom is -0.493 e. The molecule has 0 unspecified atom stereocenters. The number of hydrogen-bond acceptors (Lipinski definition) is 4. The lowest BCUT2D eigenvalue weighted by molar-refractivity contribution is 0.0819. The van der Waals surface area contributed by atoms with Crippen LogP contribution in [-0.4, -0.2) is 36.3 Å². The largest absolute Gasteiger partial charge is 0.493 e. The molecule has 5 nitrogen and oxygen atoms in total. The topological polar surface area (TPSA) is 70.6 Å². The first-order valence-corrected chi connectivity index (χ1v) is 13.1.